The summed E-state index contributed by atoms with van der Waals surface area (Å²) in [5.74, 6) is -2.48. The molecule has 0 unspecified atom stereocenters. The van der Waals surface area contributed by atoms with Gasteiger partial charge in [0, 0.05) is 13.2 Å². The third kappa shape index (κ3) is 3.99. The van der Waals surface area contributed by atoms with Crippen LogP contribution in [0.4, 0.5) is 8.78 Å². The maximum atomic E-state index is 13.7. The molecule has 0 atom stereocenters. The molecular formula is C14H19F2NO2. The molecule has 19 heavy (non-hydrogen) atoms. The summed E-state index contributed by atoms with van der Waals surface area (Å²) >= 11 is 0. The number of carbonyl (C=O) groups excluding carboxylic acids is 1. The number of benzene rings is 1. The van der Waals surface area contributed by atoms with Gasteiger partial charge in [0.25, 0.3) is 5.91 Å². The molecule has 0 heterocycles. The molecule has 0 radical (unpaired) electrons. The molecule has 0 saturated carbocycles. The van der Waals surface area contributed by atoms with Gasteiger partial charge in [-0.15, -0.1) is 0 Å². The smallest absolute Gasteiger partial charge is 0.257 e. The average Bonchev–Trinajstić information content (AvgIpc) is 2.32. The van der Waals surface area contributed by atoms with Gasteiger partial charge in [-0.05, 0) is 30.4 Å². The molecule has 1 amide bonds. The molecule has 0 fully saturated rings. The van der Waals surface area contributed by atoms with E-state index >= 15 is 0 Å². The summed E-state index contributed by atoms with van der Waals surface area (Å²) in [7, 11) is 0. The first-order valence-electron chi connectivity index (χ1n) is 6.12. The van der Waals surface area contributed by atoms with Crippen LogP contribution in [0.1, 0.15) is 36.2 Å². The van der Waals surface area contributed by atoms with E-state index in [4.69, 9.17) is 5.11 Å². The SMILES string of the molecule is Cc1ccc(F)c(C(=O)NCC(C)(C)CCO)c1F. The number of rotatable bonds is 5. The topological polar surface area (TPSA) is 49.3 Å². The third-order valence-electron chi connectivity index (χ3n) is 3.03. The van der Waals surface area contributed by atoms with E-state index < -0.39 is 23.1 Å². The summed E-state index contributed by atoms with van der Waals surface area (Å²) < 4.78 is 27.2. The molecule has 1 rings (SSSR count). The van der Waals surface area contributed by atoms with E-state index in [0.29, 0.717) is 6.42 Å². The lowest BCUT2D eigenvalue weighted by molar-refractivity contribution is 0.0919. The summed E-state index contributed by atoms with van der Waals surface area (Å²) in [5, 5.41) is 11.4. The van der Waals surface area contributed by atoms with Crippen molar-refractivity contribution in [3.05, 3.63) is 34.9 Å². The Morgan fingerprint density at radius 1 is 1.37 bits per heavy atom. The van der Waals surface area contributed by atoms with Crippen LogP contribution in [0, 0.1) is 24.0 Å². The number of carbonyl (C=O) groups is 1. The van der Waals surface area contributed by atoms with Gasteiger partial charge in [-0.2, -0.15) is 0 Å². The van der Waals surface area contributed by atoms with Crippen molar-refractivity contribution in [2.75, 3.05) is 13.2 Å². The van der Waals surface area contributed by atoms with E-state index in [1.807, 2.05) is 13.8 Å². The van der Waals surface area contributed by atoms with Crippen molar-refractivity contribution in [1.29, 1.82) is 0 Å². The van der Waals surface area contributed by atoms with E-state index in [2.05, 4.69) is 5.32 Å². The molecule has 2 N–H and O–H groups in total. The Morgan fingerprint density at radius 3 is 2.58 bits per heavy atom. The molecule has 0 aliphatic carbocycles. The Labute approximate surface area is 111 Å². The quantitative estimate of drug-likeness (QED) is 0.864. The van der Waals surface area contributed by atoms with Gasteiger partial charge < -0.3 is 10.4 Å². The molecule has 0 aromatic heterocycles. The molecule has 0 aliphatic rings. The number of halogens is 2. The average molecular weight is 271 g/mol. The minimum atomic E-state index is -0.874. The summed E-state index contributed by atoms with van der Waals surface area (Å²) in [6, 6.07) is 2.36. The Bertz CT molecular complexity index is 473. The fourth-order valence-corrected chi connectivity index (χ4v) is 1.66. The van der Waals surface area contributed by atoms with Gasteiger partial charge in [-0.25, -0.2) is 8.78 Å². The summed E-state index contributed by atoms with van der Waals surface area (Å²) in [4.78, 5) is 11.8. The van der Waals surface area contributed by atoms with Gasteiger partial charge >= 0.3 is 0 Å². The minimum Gasteiger partial charge on any atom is -0.396 e. The van der Waals surface area contributed by atoms with Gasteiger partial charge in [-0.1, -0.05) is 19.9 Å². The fraction of sp³-hybridized carbons (Fsp3) is 0.500. The minimum absolute atomic E-state index is 0.00393. The Balaban J connectivity index is 2.83. The van der Waals surface area contributed by atoms with Crippen LogP contribution >= 0.6 is 0 Å². The molecule has 3 nitrogen and oxygen atoms in total. The van der Waals surface area contributed by atoms with Crippen molar-refractivity contribution in [2.45, 2.75) is 27.2 Å². The highest BCUT2D eigenvalue weighted by molar-refractivity contribution is 5.95. The highest BCUT2D eigenvalue weighted by Gasteiger charge is 2.22. The van der Waals surface area contributed by atoms with Crippen LogP contribution in [-0.2, 0) is 0 Å². The first-order valence-corrected chi connectivity index (χ1v) is 6.12. The second-order valence-electron chi connectivity index (χ2n) is 5.37. The zero-order chi connectivity index (χ0) is 14.6. The standard InChI is InChI=1S/C14H19F2NO2/c1-9-4-5-10(15)11(12(9)16)13(19)17-8-14(2,3)6-7-18/h4-5,18H,6-8H2,1-3H3,(H,17,19). The van der Waals surface area contributed by atoms with Gasteiger partial charge in [0.1, 0.15) is 17.2 Å². The van der Waals surface area contributed by atoms with Gasteiger partial charge in [0.05, 0.1) is 0 Å². The molecule has 0 spiro atoms. The molecule has 0 bridgehead atoms. The highest BCUT2D eigenvalue weighted by Crippen LogP contribution is 2.20. The third-order valence-corrected chi connectivity index (χ3v) is 3.03. The van der Waals surface area contributed by atoms with E-state index in [9.17, 15) is 13.6 Å². The zero-order valence-electron chi connectivity index (χ0n) is 11.4. The molecule has 1 aromatic carbocycles. The first kappa shape index (κ1) is 15.6. The molecule has 0 aliphatic heterocycles. The highest BCUT2D eigenvalue weighted by atomic mass is 19.1. The predicted octanol–water partition coefficient (Wildman–Crippen LogP) is 2.41. The van der Waals surface area contributed by atoms with Gasteiger partial charge in [0.15, 0.2) is 0 Å². The number of hydrogen-bond donors (Lipinski definition) is 2. The number of aliphatic hydroxyl groups is 1. The fourth-order valence-electron chi connectivity index (χ4n) is 1.66. The second kappa shape index (κ2) is 6.10. The number of aliphatic hydroxyl groups excluding tert-OH is 1. The van der Waals surface area contributed by atoms with Crippen molar-refractivity contribution in [3.8, 4) is 0 Å². The Kier molecular flexibility index (Phi) is 5.00. The van der Waals surface area contributed by atoms with Crippen LogP contribution in [0.2, 0.25) is 0 Å². The van der Waals surface area contributed by atoms with Gasteiger partial charge in [0.2, 0.25) is 0 Å². The first-order chi connectivity index (χ1) is 8.78. The van der Waals surface area contributed by atoms with Crippen LogP contribution in [0.15, 0.2) is 12.1 Å². The maximum absolute atomic E-state index is 13.7. The molecule has 5 heteroatoms. The van der Waals surface area contributed by atoms with Crippen LogP contribution < -0.4 is 5.32 Å². The lowest BCUT2D eigenvalue weighted by Gasteiger charge is -2.24. The van der Waals surface area contributed by atoms with E-state index in [1.165, 1.54) is 13.0 Å². The van der Waals surface area contributed by atoms with Crippen molar-refractivity contribution < 1.29 is 18.7 Å². The summed E-state index contributed by atoms with van der Waals surface area (Å²) in [5.41, 5.74) is -0.665. The number of hydrogen-bond acceptors (Lipinski definition) is 2. The second-order valence-corrected chi connectivity index (χ2v) is 5.37. The largest absolute Gasteiger partial charge is 0.396 e. The van der Waals surface area contributed by atoms with Crippen LogP contribution in [0.5, 0.6) is 0 Å². The zero-order valence-corrected chi connectivity index (χ0v) is 11.4. The van der Waals surface area contributed by atoms with E-state index in [-0.39, 0.29) is 24.1 Å². The van der Waals surface area contributed by atoms with Crippen LogP contribution in [-0.4, -0.2) is 24.2 Å². The Morgan fingerprint density at radius 2 is 2.00 bits per heavy atom. The van der Waals surface area contributed by atoms with Crippen LogP contribution in [0.3, 0.4) is 0 Å². The number of aryl methyl sites for hydroxylation is 1. The van der Waals surface area contributed by atoms with E-state index in [1.54, 1.807) is 0 Å². The van der Waals surface area contributed by atoms with Crippen molar-refractivity contribution >= 4 is 5.91 Å². The molecule has 1 aromatic rings. The summed E-state index contributed by atoms with van der Waals surface area (Å²) in [6.45, 7) is 5.41. The lowest BCUT2D eigenvalue weighted by atomic mass is 9.89. The van der Waals surface area contributed by atoms with Crippen molar-refractivity contribution in [1.82, 2.24) is 5.32 Å². The molecule has 0 saturated heterocycles. The lowest BCUT2D eigenvalue weighted by Crippen LogP contribution is -2.35. The Hall–Kier alpha value is -1.49. The predicted molar refractivity (Wildman–Crippen MR) is 68.9 cm³/mol. The number of amides is 1. The van der Waals surface area contributed by atoms with Gasteiger partial charge in [-0.3, -0.25) is 4.79 Å². The number of nitrogens with one attached hydrogen (secondary N) is 1. The molecular weight excluding hydrogens is 252 g/mol. The van der Waals surface area contributed by atoms with Crippen molar-refractivity contribution in [3.63, 3.8) is 0 Å². The monoisotopic (exact) mass is 271 g/mol. The maximum Gasteiger partial charge on any atom is 0.257 e. The summed E-state index contributed by atoms with van der Waals surface area (Å²) in [6.07, 6.45) is 0.492. The van der Waals surface area contributed by atoms with Crippen molar-refractivity contribution in [2.24, 2.45) is 5.41 Å². The van der Waals surface area contributed by atoms with Crippen LogP contribution in [0.25, 0.3) is 0 Å². The van der Waals surface area contributed by atoms with E-state index in [0.717, 1.165) is 6.07 Å². The molecule has 106 valence electrons. The normalized spacial score (nSPS) is 11.5.